The van der Waals surface area contributed by atoms with Gasteiger partial charge in [0.2, 0.25) is 5.82 Å². The Morgan fingerprint density at radius 3 is 3.08 bits per heavy atom. The Hall–Kier alpha value is -1.72. The molecule has 0 fully saturated rings. The second-order valence-electron chi connectivity index (χ2n) is 2.22. The normalized spacial score (nSPS) is 10.4. The van der Waals surface area contributed by atoms with Crippen molar-refractivity contribution >= 4 is 0 Å². The average Bonchev–Trinajstić information content (AvgIpc) is 2.75. The molecule has 62 valence electrons. The molecule has 0 saturated heterocycles. The predicted octanol–water partition coefficient (Wildman–Crippen LogP) is 0.417. The van der Waals surface area contributed by atoms with Gasteiger partial charge in [-0.3, -0.25) is 0 Å². The highest BCUT2D eigenvalue weighted by Crippen LogP contribution is 2.13. The van der Waals surface area contributed by atoms with Gasteiger partial charge in [-0.25, -0.2) is 10.1 Å². The number of aromatic amines is 1. The zero-order chi connectivity index (χ0) is 8.39. The van der Waals surface area contributed by atoms with Crippen LogP contribution in [0.4, 0.5) is 0 Å². The van der Waals surface area contributed by atoms with Crippen LogP contribution in [0.5, 0.6) is 0 Å². The SMILES string of the molecule is CCc1ncc(-c2nnn[nH]2)o1. The van der Waals surface area contributed by atoms with Crippen molar-refractivity contribution in [1.82, 2.24) is 25.6 Å². The van der Waals surface area contributed by atoms with Crippen LogP contribution in [-0.4, -0.2) is 25.6 Å². The zero-order valence-electron chi connectivity index (χ0n) is 6.48. The van der Waals surface area contributed by atoms with E-state index in [1.165, 1.54) is 0 Å². The summed E-state index contributed by atoms with van der Waals surface area (Å²) in [4.78, 5) is 4.01. The van der Waals surface area contributed by atoms with Crippen molar-refractivity contribution in [3.8, 4) is 11.6 Å². The van der Waals surface area contributed by atoms with Gasteiger partial charge in [-0.1, -0.05) is 6.92 Å². The first-order valence-corrected chi connectivity index (χ1v) is 3.59. The highest BCUT2D eigenvalue weighted by atomic mass is 16.4. The van der Waals surface area contributed by atoms with Crippen molar-refractivity contribution in [1.29, 1.82) is 0 Å². The summed E-state index contributed by atoms with van der Waals surface area (Å²) < 4.78 is 5.29. The number of H-pyrrole nitrogens is 1. The molecule has 0 aliphatic carbocycles. The van der Waals surface area contributed by atoms with E-state index in [1.807, 2.05) is 6.92 Å². The number of hydrogen-bond donors (Lipinski definition) is 1. The number of oxazole rings is 1. The van der Waals surface area contributed by atoms with Gasteiger partial charge in [-0.05, 0) is 10.4 Å². The van der Waals surface area contributed by atoms with Gasteiger partial charge in [-0.2, -0.15) is 0 Å². The van der Waals surface area contributed by atoms with Crippen LogP contribution in [-0.2, 0) is 6.42 Å². The fourth-order valence-electron chi connectivity index (χ4n) is 0.847. The molecule has 0 aromatic carbocycles. The smallest absolute Gasteiger partial charge is 0.216 e. The van der Waals surface area contributed by atoms with Gasteiger partial charge >= 0.3 is 0 Å². The standard InChI is InChI=1S/C6H7N5O/c1-2-5-7-3-4(12-5)6-8-10-11-9-6/h3H,2H2,1H3,(H,8,9,10,11). The quantitative estimate of drug-likeness (QED) is 0.697. The molecule has 6 nitrogen and oxygen atoms in total. The molecule has 2 aromatic rings. The molecule has 0 aliphatic rings. The number of hydrogen-bond acceptors (Lipinski definition) is 5. The molecule has 1 N–H and O–H groups in total. The fraction of sp³-hybridized carbons (Fsp3) is 0.333. The minimum atomic E-state index is 0.502. The van der Waals surface area contributed by atoms with E-state index >= 15 is 0 Å². The van der Waals surface area contributed by atoms with Crippen LogP contribution in [0.2, 0.25) is 0 Å². The van der Waals surface area contributed by atoms with Gasteiger partial charge in [0.1, 0.15) is 0 Å². The van der Waals surface area contributed by atoms with E-state index < -0.39 is 0 Å². The van der Waals surface area contributed by atoms with E-state index in [1.54, 1.807) is 6.20 Å². The van der Waals surface area contributed by atoms with Gasteiger partial charge in [0.25, 0.3) is 0 Å². The zero-order valence-corrected chi connectivity index (χ0v) is 6.48. The first-order chi connectivity index (χ1) is 5.90. The van der Waals surface area contributed by atoms with Crippen molar-refractivity contribution in [3.05, 3.63) is 12.1 Å². The number of nitrogens with one attached hydrogen (secondary N) is 1. The summed E-state index contributed by atoms with van der Waals surface area (Å²) in [6.07, 6.45) is 2.36. The molecule has 0 unspecified atom stereocenters. The summed E-state index contributed by atoms with van der Waals surface area (Å²) >= 11 is 0. The van der Waals surface area contributed by atoms with E-state index in [-0.39, 0.29) is 0 Å². The molecular formula is C6H7N5O. The largest absolute Gasteiger partial charge is 0.437 e. The summed E-state index contributed by atoms with van der Waals surface area (Å²) in [6.45, 7) is 1.97. The van der Waals surface area contributed by atoms with Crippen LogP contribution in [0.15, 0.2) is 10.6 Å². The molecule has 12 heavy (non-hydrogen) atoms. The Labute approximate surface area is 68.0 Å². The highest BCUT2D eigenvalue weighted by molar-refractivity contribution is 5.42. The third-order valence-electron chi connectivity index (χ3n) is 1.43. The van der Waals surface area contributed by atoms with Crippen LogP contribution < -0.4 is 0 Å². The molecule has 6 heteroatoms. The second kappa shape index (κ2) is 2.72. The number of aryl methyl sites for hydroxylation is 1. The van der Waals surface area contributed by atoms with E-state index in [0.717, 1.165) is 6.42 Å². The third-order valence-corrected chi connectivity index (χ3v) is 1.43. The molecule has 0 radical (unpaired) electrons. The predicted molar refractivity (Wildman–Crippen MR) is 39.1 cm³/mol. The van der Waals surface area contributed by atoms with Gasteiger partial charge < -0.3 is 4.42 Å². The Morgan fingerprint density at radius 1 is 1.58 bits per heavy atom. The topological polar surface area (TPSA) is 80.5 Å². The van der Waals surface area contributed by atoms with Crippen molar-refractivity contribution in [3.63, 3.8) is 0 Å². The maximum atomic E-state index is 5.29. The minimum Gasteiger partial charge on any atom is -0.437 e. The lowest BCUT2D eigenvalue weighted by Crippen LogP contribution is -1.76. The van der Waals surface area contributed by atoms with Gasteiger partial charge in [0.05, 0.1) is 6.20 Å². The first-order valence-electron chi connectivity index (χ1n) is 3.59. The number of tetrazole rings is 1. The lowest BCUT2D eigenvalue weighted by molar-refractivity contribution is 0.510. The molecule has 0 atom stereocenters. The highest BCUT2D eigenvalue weighted by Gasteiger charge is 2.07. The molecule has 0 bridgehead atoms. The molecule has 0 spiro atoms. The minimum absolute atomic E-state index is 0.502. The Balaban J connectivity index is 2.35. The summed E-state index contributed by atoms with van der Waals surface area (Å²) in [5, 5.41) is 13.1. The molecule has 2 rings (SSSR count). The van der Waals surface area contributed by atoms with Gasteiger partial charge in [-0.15, -0.1) is 5.10 Å². The molecule has 0 aliphatic heterocycles. The average molecular weight is 165 g/mol. The van der Waals surface area contributed by atoms with Crippen LogP contribution in [0.3, 0.4) is 0 Å². The maximum absolute atomic E-state index is 5.29. The third kappa shape index (κ3) is 1.07. The van der Waals surface area contributed by atoms with E-state index in [2.05, 4.69) is 25.6 Å². The fourth-order valence-corrected chi connectivity index (χ4v) is 0.847. The Morgan fingerprint density at radius 2 is 2.50 bits per heavy atom. The van der Waals surface area contributed by atoms with E-state index in [4.69, 9.17) is 4.42 Å². The monoisotopic (exact) mass is 165 g/mol. The first kappa shape index (κ1) is 6.96. The van der Waals surface area contributed by atoms with E-state index in [9.17, 15) is 0 Å². The van der Waals surface area contributed by atoms with Gasteiger partial charge in [0.15, 0.2) is 11.7 Å². The molecule has 2 heterocycles. The Kier molecular flexibility index (Phi) is 1.58. The van der Waals surface area contributed by atoms with Gasteiger partial charge in [0, 0.05) is 6.42 Å². The summed E-state index contributed by atoms with van der Waals surface area (Å²) in [5.74, 6) is 1.75. The number of aromatic nitrogens is 5. The summed E-state index contributed by atoms with van der Waals surface area (Å²) in [7, 11) is 0. The summed E-state index contributed by atoms with van der Waals surface area (Å²) in [5.41, 5.74) is 0. The molecular weight excluding hydrogens is 158 g/mol. The van der Waals surface area contributed by atoms with Crippen molar-refractivity contribution < 1.29 is 4.42 Å². The van der Waals surface area contributed by atoms with Crippen LogP contribution in [0.25, 0.3) is 11.6 Å². The number of rotatable bonds is 2. The van der Waals surface area contributed by atoms with Crippen LogP contribution in [0.1, 0.15) is 12.8 Å². The molecule has 0 amide bonds. The lowest BCUT2D eigenvalue weighted by Gasteiger charge is -1.84. The Bertz CT molecular complexity index is 352. The van der Waals surface area contributed by atoms with Crippen molar-refractivity contribution in [2.45, 2.75) is 13.3 Å². The molecule has 2 aromatic heterocycles. The number of nitrogens with zero attached hydrogens (tertiary/aromatic N) is 4. The summed E-state index contributed by atoms with van der Waals surface area (Å²) in [6, 6.07) is 0. The van der Waals surface area contributed by atoms with Crippen molar-refractivity contribution in [2.24, 2.45) is 0 Å². The van der Waals surface area contributed by atoms with Crippen LogP contribution in [0, 0.1) is 0 Å². The second-order valence-corrected chi connectivity index (χ2v) is 2.22. The lowest BCUT2D eigenvalue weighted by atomic mass is 10.5. The molecule has 0 saturated carbocycles. The van der Waals surface area contributed by atoms with E-state index in [0.29, 0.717) is 17.5 Å². The maximum Gasteiger partial charge on any atom is 0.216 e. The van der Waals surface area contributed by atoms with Crippen molar-refractivity contribution in [2.75, 3.05) is 0 Å². The van der Waals surface area contributed by atoms with Crippen LogP contribution >= 0.6 is 0 Å².